The summed E-state index contributed by atoms with van der Waals surface area (Å²) in [4.78, 5) is 43.1. The van der Waals surface area contributed by atoms with E-state index in [2.05, 4.69) is 25.6 Å². The zero-order chi connectivity index (χ0) is 21.8. The number of thioether (sulfide) groups is 1. The van der Waals surface area contributed by atoms with Gasteiger partial charge < -0.3 is 15.5 Å². The first-order chi connectivity index (χ1) is 15.0. The van der Waals surface area contributed by atoms with Crippen molar-refractivity contribution in [3.05, 3.63) is 42.2 Å². The Morgan fingerprint density at radius 1 is 1.13 bits per heavy atom. The van der Waals surface area contributed by atoms with Gasteiger partial charge in [0.15, 0.2) is 5.17 Å². The number of anilines is 2. The Bertz CT molecular complexity index is 1010. The van der Waals surface area contributed by atoms with Crippen LogP contribution in [-0.4, -0.2) is 55.9 Å². The van der Waals surface area contributed by atoms with Gasteiger partial charge in [-0.1, -0.05) is 11.8 Å². The first kappa shape index (κ1) is 21.1. The largest absolute Gasteiger partial charge is 0.351 e. The molecule has 1 aromatic heterocycles. The van der Waals surface area contributed by atoms with Crippen LogP contribution in [0.2, 0.25) is 0 Å². The van der Waals surface area contributed by atoms with Crippen molar-refractivity contribution in [2.75, 3.05) is 23.7 Å². The third-order valence-corrected chi connectivity index (χ3v) is 6.34. The lowest BCUT2D eigenvalue weighted by Crippen LogP contribution is -2.25. The van der Waals surface area contributed by atoms with E-state index in [9.17, 15) is 14.4 Å². The van der Waals surface area contributed by atoms with Crippen molar-refractivity contribution in [2.45, 2.75) is 38.0 Å². The second-order valence-electron chi connectivity index (χ2n) is 7.40. The molecular weight excluding hydrogens is 416 g/mol. The summed E-state index contributed by atoms with van der Waals surface area (Å²) in [5.74, 6) is -0.763. The lowest BCUT2D eigenvalue weighted by molar-refractivity contribution is -0.121. The van der Waals surface area contributed by atoms with Crippen LogP contribution in [0, 0.1) is 0 Å². The second-order valence-corrected chi connectivity index (χ2v) is 8.57. The van der Waals surface area contributed by atoms with Gasteiger partial charge in [-0.3, -0.25) is 19.1 Å². The molecule has 0 aliphatic carbocycles. The van der Waals surface area contributed by atoms with Crippen LogP contribution in [0.4, 0.5) is 11.4 Å². The molecule has 162 valence electrons. The van der Waals surface area contributed by atoms with Crippen LogP contribution in [0.15, 0.2) is 41.7 Å². The SMILES string of the molecule is CCn1cc(NC(=O)c2ccc(NC(=O)CC3SC(N4CCCC4)=NC3=O)cc2)cn1. The number of likely N-dealkylation sites (tertiary alicyclic amines) is 1. The van der Waals surface area contributed by atoms with Gasteiger partial charge in [0.1, 0.15) is 5.25 Å². The van der Waals surface area contributed by atoms with Crippen molar-refractivity contribution in [2.24, 2.45) is 4.99 Å². The normalized spacial score (nSPS) is 18.2. The first-order valence-electron chi connectivity index (χ1n) is 10.3. The van der Waals surface area contributed by atoms with Gasteiger partial charge in [0.25, 0.3) is 11.8 Å². The van der Waals surface area contributed by atoms with Crippen molar-refractivity contribution in [3.63, 3.8) is 0 Å². The fourth-order valence-electron chi connectivity index (χ4n) is 3.44. The number of carbonyl (C=O) groups excluding carboxylic acids is 3. The Hall–Kier alpha value is -3.14. The number of rotatable bonds is 6. The van der Waals surface area contributed by atoms with Crippen molar-refractivity contribution >= 4 is 46.0 Å². The van der Waals surface area contributed by atoms with Gasteiger partial charge in [-0.25, -0.2) is 0 Å². The smallest absolute Gasteiger partial charge is 0.262 e. The van der Waals surface area contributed by atoms with E-state index in [1.807, 2.05) is 6.92 Å². The van der Waals surface area contributed by atoms with Crippen LogP contribution in [0.25, 0.3) is 0 Å². The summed E-state index contributed by atoms with van der Waals surface area (Å²) in [6.07, 6.45) is 5.63. The Balaban J connectivity index is 1.28. The molecule has 9 nitrogen and oxygen atoms in total. The molecule has 1 fully saturated rings. The van der Waals surface area contributed by atoms with E-state index in [0.717, 1.165) is 37.6 Å². The van der Waals surface area contributed by atoms with E-state index in [1.165, 1.54) is 11.8 Å². The highest BCUT2D eigenvalue weighted by atomic mass is 32.2. The number of aromatic nitrogens is 2. The molecule has 10 heteroatoms. The quantitative estimate of drug-likeness (QED) is 0.715. The van der Waals surface area contributed by atoms with Gasteiger partial charge in [0.2, 0.25) is 5.91 Å². The number of hydrogen-bond donors (Lipinski definition) is 2. The molecule has 1 saturated heterocycles. The lowest BCUT2D eigenvalue weighted by atomic mass is 10.2. The molecule has 0 saturated carbocycles. The third-order valence-electron chi connectivity index (χ3n) is 5.12. The number of amidine groups is 1. The number of aliphatic imine (C=N–C) groups is 1. The Morgan fingerprint density at radius 3 is 2.55 bits per heavy atom. The van der Waals surface area contributed by atoms with E-state index in [1.54, 1.807) is 41.3 Å². The van der Waals surface area contributed by atoms with Gasteiger partial charge in [-0.15, -0.1) is 0 Å². The summed E-state index contributed by atoms with van der Waals surface area (Å²) in [7, 11) is 0. The van der Waals surface area contributed by atoms with E-state index >= 15 is 0 Å². The highest BCUT2D eigenvalue weighted by Crippen LogP contribution is 2.29. The number of hydrogen-bond acceptors (Lipinski definition) is 6. The summed E-state index contributed by atoms with van der Waals surface area (Å²) in [5.41, 5.74) is 1.65. The van der Waals surface area contributed by atoms with Crippen molar-refractivity contribution in [1.82, 2.24) is 14.7 Å². The molecule has 3 amide bonds. The summed E-state index contributed by atoms with van der Waals surface area (Å²) >= 11 is 1.37. The van der Waals surface area contributed by atoms with Crippen molar-refractivity contribution in [1.29, 1.82) is 0 Å². The Kier molecular flexibility index (Phi) is 6.36. The predicted molar refractivity (Wildman–Crippen MR) is 120 cm³/mol. The van der Waals surface area contributed by atoms with Gasteiger partial charge >= 0.3 is 0 Å². The average Bonchev–Trinajstić information content (AvgIpc) is 3.50. The first-order valence-corrected chi connectivity index (χ1v) is 11.2. The van der Waals surface area contributed by atoms with E-state index in [4.69, 9.17) is 0 Å². The van der Waals surface area contributed by atoms with Crippen LogP contribution < -0.4 is 10.6 Å². The third kappa shape index (κ3) is 5.13. The van der Waals surface area contributed by atoms with Crippen LogP contribution in [-0.2, 0) is 16.1 Å². The number of nitrogens with zero attached hydrogens (tertiary/aromatic N) is 4. The van der Waals surface area contributed by atoms with Crippen molar-refractivity contribution < 1.29 is 14.4 Å². The summed E-state index contributed by atoms with van der Waals surface area (Å²) in [6.45, 7) is 4.52. The maximum Gasteiger partial charge on any atom is 0.262 e. The maximum atomic E-state index is 12.4. The van der Waals surface area contributed by atoms with Crippen LogP contribution in [0.1, 0.15) is 36.5 Å². The minimum atomic E-state index is -0.482. The monoisotopic (exact) mass is 440 g/mol. The molecule has 0 bridgehead atoms. The molecule has 3 heterocycles. The van der Waals surface area contributed by atoms with Crippen molar-refractivity contribution in [3.8, 4) is 0 Å². The number of nitrogens with one attached hydrogen (secondary N) is 2. The standard InChI is InChI=1S/C21H24N6O3S/c1-2-27-13-16(12-22-27)24-19(29)14-5-7-15(8-6-14)23-18(28)11-17-20(30)25-21(31-17)26-9-3-4-10-26/h5-8,12-13,17H,2-4,9-11H2,1H3,(H,23,28)(H,24,29). The zero-order valence-electron chi connectivity index (χ0n) is 17.2. The number of benzene rings is 1. The molecule has 31 heavy (non-hydrogen) atoms. The second kappa shape index (κ2) is 9.34. The average molecular weight is 441 g/mol. The highest BCUT2D eigenvalue weighted by Gasteiger charge is 2.33. The Labute approximate surface area is 184 Å². The zero-order valence-corrected chi connectivity index (χ0v) is 18.0. The fourth-order valence-corrected chi connectivity index (χ4v) is 4.56. The topological polar surface area (TPSA) is 109 Å². The number of aryl methyl sites for hydroxylation is 1. The predicted octanol–water partition coefficient (Wildman–Crippen LogP) is 2.58. The molecule has 2 N–H and O–H groups in total. The van der Waals surface area contributed by atoms with E-state index in [-0.39, 0.29) is 24.1 Å². The number of amides is 3. The molecule has 0 spiro atoms. The van der Waals surface area contributed by atoms with Gasteiger partial charge in [0.05, 0.1) is 11.9 Å². The lowest BCUT2D eigenvalue weighted by Gasteiger charge is -2.16. The molecule has 4 rings (SSSR count). The van der Waals surface area contributed by atoms with E-state index in [0.29, 0.717) is 16.9 Å². The fraction of sp³-hybridized carbons (Fsp3) is 0.381. The molecule has 0 radical (unpaired) electrons. The van der Waals surface area contributed by atoms with Gasteiger partial charge in [0, 0.05) is 43.5 Å². The van der Waals surface area contributed by atoms with Crippen LogP contribution in [0.5, 0.6) is 0 Å². The van der Waals surface area contributed by atoms with Crippen LogP contribution >= 0.6 is 11.8 Å². The minimum absolute atomic E-state index is 0.0635. The minimum Gasteiger partial charge on any atom is -0.351 e. The maximum absolute atomic E-state index is 12.4. The molecule has 1 aromatic carbocycles. The molecule has 2 aromatic rings. The molecule has 2 aliphatic rings. The molecule has 1 atom stereocenters. The van der Waals surface area contributed by atoms with Gasteiger partial charge in [-0.05, 0) is 44.0 Å². The van der Waals surface area contributed by atoms with E-state index < -0.39 is 5.25 Å². The summed E-state index contributed by atoms with van der Waals surface area (Å²) in [5, 5.41) is 9.95. The summed E-state index contributed by atoms with van der Waals surface area (Å²) in [6, 6.07) is 6.61. The van der Waals surface area contributed by atoms with Gasteiger partial charge in [-0.2, -0.15) is 10.1 Å². The van der Waals surface area contributed by atoms with Crippen LogP contribution in [0.3, 0.4) is 0 Å². The molecule has 1 unspecified atom stereocenters. The molecule has 2 aliphatic heterocycles. The Morgan fingerprint density at radius 2 is 1.87 bits per heavy atom. The highest BCUT2D eigenvalue weighted by molar-refractivity contribution is 8.15. The number of carbonyl (C=O) groups is 3. The summed E-state index contributed by atoms with van der Waals surface area (Å²) < 4.78 is 1.72. The molecular formula is C21H24N6O3S.